The minimum Gasteiger partial charge on any atom is -0.497 e. The first-order chi connectivity index (χ1) is 25.1. The summed E-state index contributed by atoms with van der Waals surface area (Å²) in [5.41, 5.74) is -0.525. The van der Waals surface area contributed by atoms with E-state index in [1.54, 1.807) is 46.1 Å². The molecule has 1 aromatic heterocycles. The van der Waals surface area contributed by atoms with Crippen molar-refractivity contribution in [3.63, 3.8) is 0 Å². The molecule has 0 spiro atoms. The van der Waals surface area contributed by atoms with Gasteiger partial charge in [-0.2, -0.15) is 0 Å². The number of hydrogen-bond acceptors (Lipinski definition) is 11. The van der Waals surface area contributed by atoms with E-state index in [0.29, 0.717) is 61.0 Å². The van der Waals surface area contributed by atoms with E-state index in [9.17, 15) is 27.6 Å². The molecule has 0 bridgehead atoms. The van der Waals surface area contributed by atoms with Crippen LogP contribution in [0.25, 0.3) is 11.0 Å². The Morgan fingerprint density at radius 3 is 2.55 bits per heavy atom. The monoisotopic (exact) mass is 754 g/mol. The predicted octanol–water partition coefficient (Wildman–Crippen LogP) is 3.45. The van der Waals surface area contributed by atoms with E-state index < -0.39 is 74.3 Å². The second-order valence-corrected chi connectivity index (χ2v) is 17.3. The fraction of sp³-hybridized carbons (Fsp3) is 0.622. The number of allylic oxidation sites excluding steroid dienone is 1. The standard InChI is InChI=1S/C37H50N6O9S/c1-6-26-32(39-29-18-23(50-5)14-17-27(29)38-26)51-24-19-30-31(44)41-37(34(46)42-53(48,49)25-15-16-25)20-22(37)12-10-8-7-9-11-13-28(33(45)43(30)21-24)40-35(47)52-36(2,3)4/h10,12,14,17-18,22,24-25,28,30H,6-9,11,13,15-16,19-21H2,1-5H3,(H,40,47)(H,41,44)(H,42,46)/b12-10+/t22-,24-,28+,30+,37-/m1/s1. The molecule has 2 aliphatic carbocycles. The summed E-state index contributed by atoms with van der Waals surface area (Å²) in [4.78, 5) is 66.3. The number of amides is 4. The van der Waals surface area contributed by atoms with Gasteiger partial charge in [-0.25, -0.2) is 23.2 Å². The molecular weight excluding hydrogens is 705 g/mol. The maximum absolute atomic E-state index is 14.5. The molecule has 1 aromatic carbocycles. The summed E-state index contributed by atoms with van der Waals surface area (Å²) in [6, 6.07) is 3.22. The highest BCUT2D eigenvalue weighted by molar-refractivity contribution is 7.91. The molecule has 4 amide bonds. The molecule has 3 heterocycles. The molecule has 4 aliphatic rings. The van der Waals surface area contributed by atoms with Crippen molar-refractivity contribution in [2.45, 2.75) is 126 Å². The van der Waals surface area contributed by atoms with Crippen molar-refractivity contribution < 1.29 is 41.8 Å². The molecule has 288 valence electrons. The molecule has 15 nitrogen and oxygen atoms in total. The first kappa shape index (κ1) is 38.3. The van der Waals surface area contributed by atoms with Crippen molar-refractivity contribution in [3.8, 4) is 11.6 Å². The van der Waals surface area contributed by atoms with E-state index in [0.717, 1.165) is 12.8 Å². The van der Waals surface area contributed by atoms with E-state index in [2.05, 4.69) is 15.4 Å². The lowest BCUT2D eigenvalue weighted by molar-refractivity contribution is -0.141. The highest BCUT2D eigenvalue weighted by Crippen LogP contribution is 2.46. The van der Waals surface area contributed by atoms with E-state index in [-0.39, 0.29) is 25.3 Å². The number of fused-ring (bicyclic) bond motifs is 3. The zero-order chi connectivity index (χ0) is 38.1. The van der Waals surface area contributed by atoms with Crippen LogP contribution in [0.4, 0.5) is 4.79 Å². The molecule has 16 heteroatoms. The van der Waals surface area contributed by atoms with Crippen LogP contribution >= 0.6 is 0 Å². The van der Waals surface area contributed by atoms with Gasteiger partial charge in [0.25, 0.3) is 5.91 Å². The van der Waals surface area contributed by atoms with E-state index in [4.69, 9.17) is 24.2 Å². The number of aromatic nitrogens is 2. The Kier molecular flexibility index (Phi) is 10.9. The number of nitrogens with zero attached hydrogens (tertiary/aromatic N) is 3. The van der Waals surface area contributed by atoms with Crippen LogP contribution in [-0.4, -0.2) is 95.3 Å². The van der Waals surface area contributed by atoms with Crippen molar-refractivity contribution in [2.75, 3.05) is 13.7 Å². The van der Waals surface area contributed by atoms with Crippen molar-refractivity contribution in [1.29, 1.82) is 0 Å². The highest BCUT2D eigenvalue weighted by atomic mass is 32.2. The first-order valence-electron chi connectivity index (χ1n) is 18.5. The molecule has 53 heavy (non-hydrogen) atoms. The molecule has 1 saturated heterocycles. The number of aryl methyl sites for hydroxylation is 1. The molecule has 0 unspecified atom stereocenters. The van der Waals surface area contributed by atoms with Gasteiger partial charge in [0.2, 0.25) is 27.7 Å². The summed E-state index contributed by atoms with van der Waals surface area (Å²) in [5.74, 6) is -1.50. The summed E-state index contributed by atoms with van der Waals surface area (Å²) in [6.45, 7) is 7.08. The zero-order valence-electron chi connectivity index (χ0n) is 31.0. The number of benzene rings is 1. The summed E-state index contributed by atoms with van der Waals surface area (Å²) in [7, 11) is -2.34. The van der Waals surface area contributed by atoms with Crippen LogP contribution in [0.3, 0.4) is 0 Å². The largest absolute Gasteiger partial charge is 0.497 e. The molecule has 0 radical (unpaired) electrons. The number of carbonyl (C=O) groups excluding carboxylic acids is 4. The molecule has 3 fully saturated rings. The fourth-order valence-electron chi connectivity index (χ4n) is 6.96. The molecule has 6 rings (SSSR count). The summed E-state index contributed by atoms with van der Waals surface area (Å²) >= 11 is 0. The third-order valence-corrected chi connectivity index (χ3v) is 11.9. The summed E-state index contributed by atoms with van der Waals surface area (Å²) < 4.78 is 45.1. The third-order valence-electron chi connectivity index (χ3n) is 10.1. The third kappa shape index (κ3) is 8.85. The maximum Gasteiger partial charge on any atom is 0.408 e. The van der Waals surface area contributed by atoms with Crippen LogP contribution in [-0.2, 0) is 35.6 Å². The Morgan fingerprint density at radius 2 is 1.85 bits per heavy atom. The van der Waals surface area contributed by atoms with Crippen LogP contribution in [0.5, 0.6) is 11.6 Å². The number of rotatable bonds is 8. The fourth-order valence-corrected chi connectivity index (χ4v) is 8.33. The first-order valence-corrected chi connectivity index (χ1v) is 20.0. The van der Waals surface area contributed by atoms with Crippen LogP contribution < -0.4 is 24.8 Å². The van der Waals surface area contributed by atoms with Gasteiger partial charge in [0.05, 0.1) is 29.9 Å². The molecule has 3 N–H and O–H groups in total. The second kappa shape index (κ2) is 15.1. The molecule has 2 aromatic rings. The zero-order valence-corrected chi connectivity index (χ0v) is 31.8. The second-order valence-electron chi connectivity index (χ2n) is 15.4. The number of ether oxygens (including phenoxy) is 3. The number of alkyl carbamates (subject to hydrolysis) is 1. The normalized spacial score (nSPS) is 27.3. The Labute approximate surface area is 310 Å². The van der Waals surface area contributed by atoms with E-state index >= 15 is 0 Å². The minimum absolute atomic E-state index is 0.0248. The van der Waals surface area contributed by atoms with Gasteiger partial charge in [-0.05, 0) is 77.8 Å². The molecule has 5 atom stereocenters. The van der Waals surface area contributed by atoms with Crippen LogP contribution in [0.1, 0.15) is 91.2 Å². The highest BCUT2D eigenvalue weighted by Gasteiger charge is 2.62. The number of carbonyl (C=O) groups is 4. The SMILES string of the molecule is CCc1nc2ccc(OC)cc2nc1O[C@@H]1C[C@H]2C(=O)N[C@]3(C(=O)NS(=O)(=O)C4CC4)C[C@H]3/C=C/CCCCC[C@H](NC(=O)OC(C)(C)C)C(=O)N2C1. The minimum atomic E-state index is -3.89. The van der Waals surface area contributed by atoms with Crippen LogP contribution in [0.15, 0.2) is 30.4 Å². The average molecular weight is 755 g/mol. The average Bonchev–Trinajstić information content (AvgIpc) is 4.02. The number of hydrogen-bond donors (Lipinski definition) is 3. The summed E-state index contributed by atoms with van der Waals surface area (Å²) in [5, 5.41) is 4.98. The Morgan fingerprint density at radius 1 is 1.08 bits per heavy atom. The van der Waals surface area contributed by atoms with E-state index in [1.807, 2.05) is 19.1 Å². The lowest BCUT2D eigenvalue weighted by Crippen LogP contribution is -2.58. The lowest BCUT2D eigenvalue weighted by atomic mass is 10.0. The van der Waals surface area contributed by atoms with Gasteiger partial charge in [-0.3, -0.25) is 19.1 Å². The maximum atomic E-state index is 14.5. The Hall–Kier alpha value is -4.47. The van der Waals surface area contributed by atoms with Crippen molar-refractivity contribution >= 4 is 44.9 Å². The lowest BCUT2D eigenvalue weighted by Gasteiger charge is -2.30. The molecule has 2 saturated carbocycles. The number of nitrogens with one attached hydrogen (secondary N) is 3. The van der Waals surface area contributed by atoms with Crippen molar-refractivity contribution in [3.05, 3.63) is 36.0 Å². The Balaban J connectivity index is 1.32. The molecule has 2 aliphatic heterocycles. The van der Waals surface area contributed by atoms with Gasteiger partial charge in [0.1, 0.15) is 40.8 Å². The smallest absolute Gasteiger partial charge is 0.408 e. The van der Waals surface area contributed by atoms with E-state index in [1.165, 1.54) is 4.90 Å². The Bertz CT molecular complexity index is 1890. The van der Waals surface area contributed by atoms with Gasteiger partial charge in [0, 0.05) is 18.4 Å². The number of methoxy groups -OCH3 is 1. The van der Waals surface area contributed by atoms with Gasteiger partial charge in [-0.15, -0.1) is 0 Å². The van der Waals surface area contributed by atoms with Gasteiger partial charge in [0.15, 0.2) is 0 Å². The number of sulfonamides is 1. The predicted molar refractivity (Wildman–Crippen MR) is 194 cm³/mol. The topological polar surface area (TPSA) is 195 Å². The summed E-state index contributed by atoms with van der Waals surface area (Å²) in [6.07, 6.45) is 7.20. The van der Waals surface area contributed by atoms with Crippen LogP contribution in [0, 0.1) is 5.92 Å². The van der Waals surface area contributed by atoms with Crippen LogP contribution in [0.2, 0.25) is 0 Å². The quantitative estimate of drug-likeness (QED) is 0.334. The van der Waals surface area contributed by atoms with Gasteiger partial charge < -0.3 is 29.7 Å². The molecular formula is C37H50N6O9S. The van der Waals surface area contributed by atoms with Crippen molar-refractivity contribution in [2.24, 2.45) is 5.92 Å². The van der Waals surface area contributed by atoms with Gasteiger partial charge in [-0.1, -0.05) is 31.9 Å². The van der Waals surface area contributed by atoms with Crippen molar-refractivity contribution in [1.82, 2.24) is 30.2 Å². The van der Waals surface area contributed by atoms with Gasteiger partial charge >= 0.3 is 6.09 Å².